The lowest BCUT2D eigenvalue weighted by atomic mass is 9.82. The van der Waals surface area contributed by atoms with Crippen LogP contribution >= 0.6 is 0 Å². The summed E-state index contributed by atoms with van der Waals surface area (Å²) >= 11 is 0. The molecule has 1 fully saturated rings. The van der Waals surface area contributed by atoms with Gasteiger partial charge in [-0.05, 0) is 24.5 Å². The van der Waals surface area contributed by atoms with Gasteiger partial charge in [-0.3, -0.25) is 14.6 Å². The molecule has 0 saturated heterocycles. The number of ketones is 1. The van der Waals surface area contributed by atoms with E-state index in [1.54, 1.807) is 12.1 Å². The smallest absolute Gasteiger partial charge is 0.289 e. The minimum Gasteiger partial charge on any atom is -0.289 e. The summed E-state index contributed by atoms with van der Waals surface area (Å²) in [7, 11) is 0. The molecule has 1 aliphatic heterocycles. The number of hydrogen-bond acceptors (Lipinski definition) is 3. The van der Waals surface area contributed by atoms with Crippen molar-refractivity contribution in [2.24, 2.45) is 9.98 Å². The minimum absolute atomic E-state index is 0.0113. The number of benzene rings is 2. The average molecular weight is 342 g/mol. The third-order valence-electron chi connectivity index (χ3n) is 5.53. The molecule has 2 aromatic carbocycles. The molecule has 4 heteroatoms. The van der Waals surface area contributed by atoms with Crippen LogP contribution in [0, 0.1) is 0 Å². The summed E-state index contributed by atoms with van der Waals surface area (Å²) < 4.78 is 0. The van der Waals surface area contributed by atoms with Crippen LogP contribution in [0.25, 0.3) is 5.57 Å². The molecular weight excluding hydrogens is 324 g/mol. The van der Waals surface area contributed by atoms with Gasteiger partial charge in [0.15, 0.2) is 5.78 Å². The Balaban J connectivity index is 1.85. The van der Waals surface area contributed by atoms with E-state index < -0.39 is 0 Å². The molecule has 0 unspecified atom stereocenters. The van der Waals surface area contributed by atoms with Crippen LogP contribution in [-0.2, 0) is 4.79 Å². The first-order chi connectivity index (χ1) is 12.7. The number of rotatable bonds is 1. The normalized spacial score (nSPS) is 20.6. The van der Waals surface area contributed by atoms with Crippen LogP contribution in [0.4, 0.5) is 0 Å². The van der Waals surface area contributed by atoms with E-state index in [4.69, 9.17) is 4.99 Å². The second-order valence-electron chi connectivity index (χ2n) is 7.14. The number of nitrogens with zero attached hydrogens (tertiary/aromatic N) is 2. The van der Waals surface area contributed by atoms with Crippen molar-refractivity contribution in [3.05, 3.63) is 69.7 Å². The summed E-state index contributed by atoms with van der Waals surface area (Å²) in [4.78, 5) is 34.9. The maximum absolute atomic E-state index is 12.9. The van der Waals surface area contributed by atoms with Crippen LogP contribution in [0.15, 0.2) is 52.4 Å². The predicted octanol–water partition coefficient (Wildman–Crippen LogP) is 2.36. The molecule has 2 aromatic rings. The Labute approximate surface area is 151 Å². The van der Waals surface area contributed by atoms with Gasteiger partial charge in [0.1, 0.15) is 5.71 Å². The highest BCUT2D eigenvalue weighted by Gasteiger charge is 2.32. The zero-order valence-electron chi connectivity index (χ0n) is 14.4. The molecule has 1 heterocycles. The molecular formula is C22H18N2O2. The van der Waals surface area contributed by atoms with Gasteiger partial charge in [-0.25, -0.2) is 4.99 Å². The SMILES string of the molecule is O=C1N=c2cccc3c2=C(C1=NC1CCCCC1)c1ccccc1C3=O. The second kappa shape index (κ2) is 5.84. The first kappa shape index (κ1) is 15.4. The van der Waals surface area contributed by atoms with E-state index in [1.807, 2.05) is 30.3 Å². The van der Waals surface area contributed by atoms with Crippen molar-refractivity contribution in [3.8, 4) is 0 Å². The summed E-state index contributed by atoms with van der Waals surface area (Å²) in [6, 6.07) is 13.1. The van der Waals surface area contributed by atoms with E-state index in [2.05, 4.69) is 4.99 Å². The van der Waals surface area contributed by atoms with E-state index in [-0.39, 0.29) is 17.7 Å². The predicted molar refractivity (Wildman–Crippen MR) is 98.9 cm³/mol. The summed E-state index contributed by atoms with van der Waals surface area (Å²) in [6.07, 6.45) is 5.57. The van der Waals surface area contributed by atoms with Crippen molar-refractivity contribution >= 4 is 23.0 Å². The van der Waals surface area contributed by atoms with Gasteiger partial charge in [-0.1, -0.05) is 55.7 Å². The summed E-state index contributed by atoms with van der Waals surface area (Å²) in [6.45, 7) is 0. The van der Waals surface area contributed by atoms with Crippen LogP contribution in [0.1, 0.15) is 53.6 Å². The van der Waals surface area contributed by atoms with Crippen molar-refractivity contribution in [3.63, 3.8) is 0 Å². The number of aliphatic imine (C=N–C) groups is 1. The Morgan fingerprint density at radius 3 is 2.38 bits per heavy atom. The van der Waals surface area contributed by atoms with Gasteiger partial charge in [0.2, 0.25) is 0 Å². The number of fused-ring (bicyclic) bond motifs is 2. The maximum atomic E-state index is 12.9. The Kier molecular flexibility index (Phi) is 3.45. The van der Waals surface area contributed by atoms with E-state index >= 15 is 0 Å². The topological polar surface area (TPSA) is 58.9 Å². The van der Waals surface area contributed by atoms with E-state index in [1.165, 1.54) is 6.42 Å². The van der Waals surface area contributed by atoms with Crippen LogP contribution in [0.3, 0.4) is 0 Å². The van der Waals surface area contributed by atoms with Gasteiger partial charge < -0.3 is 0 Å². The molecule has 128 valence electrons. The van der Waals surface area contributed by atoms with Crippen molar-refractivity contribution in [1.29, 1.82) is 0 Å². The lowest BCUT2D eigenvalue weighted by Gasteiger charge is -2.24. The van der Waals surface area contributed by atoms with E-state index in [0.717, 1.165) is 42.0 Å². The lowest BCUT2D eigenvalue weighted by molar-refractivity contribution is -0.112. The van der Waals surface area contributed by atoms with Gasteiger partial charge in [0, 0.05) is 21.9 Å². The van der Waals surface area contributed by atoms with Gasteiger partial charge >= 0.3 is 0 Å². The van der Waals surface area contributed by atoms with Crippen molar-refractivity contribution in [2.75, 3.05) is 0 Å². The Morgan fingerprint density at radius 2 is 1.58 bits per heavy atom. The first-order valence-electron chi connectivity index (χ1n) is 9.23. The maximum Gasteiger partial charge on any atom is 0.296 e. The molecule has 0 atom stereocenters. The van der Waals surface area contributed by atoms with Crippen molar-refractivity contribution in [2.45, 2.75) is 38.1 Å². The van der Waals surface area contributed by atoms with Crippen LogP contribution < -0.4 is 10.6 Å². The molecule has 0 aromatic heterocycles. The van der Waals surface area contributed by atoms with Gasteiger partial charge in [-0.15, -0.1) is 0 Å². The number of carbonyl (C=O) groups is 2. The molecule has 0 N–H and O–H groups in total. The van der Waals surface area contributed by atoms with Gasteiger partial charge in [0.25, 0.3) is 5.91 Å². The van der Waals surface area contributed by atoms with Gasteiger partial charge in [-0.2, -0.15) is 0 Å². The molecule has 1 amide bonds. The third kappa shape index (κ3) is 2.22. The molecule has 2 aliphatic carbocycles. The largest absolute Gasteiger partial charge is 0.296 e. The Bertz CT molecular complexity index is 1110. The first-order valence-corrected chi connectivity index (χ1v) is 9.23. The van der Waals surface area contributed by atoms with Crippen molar-refractivity contribution < 1.29 is 9.59 Å². The molecule has 3 aliphatic rings. The number of amides is 1. The second-order valence-corrected chi connectivity index (χ2v) is 7.14. The minimum atomic E-state index is -0.292. The quantitative estimate of drug-likeness (QED) is 0.799. The van der Waals surface area contributed by atoms with E-state index in [9.17, 15) is 9.59 Å². The molecule has 4 nitrogen and oxygen atoms in total. The molecule has 0 bridgehead atoms. The molecule has 5 rings (SSSR count). The highest BCUT2D eigenvalue weighted by Crippen LogP contribution is 2.28. The zero-order valence-corrected chi connectivity index (χ0v) is 14.4. The number of hydrogen-bond donors (Lipinski definition) is 0. The Morgan fingerprint density at radius 1 is 0.846 bits per heavy atom. The standard InChI is InChI=1S/C22H18N2O2/c25-21-15-10-5-4-9-14(15)19-18-16(21)11-6-12-17(18)24-22(26)20(19)23-13-7-2-1-3-8-13/h4-6,9-13H,1-3,7-8H2. The van der Waals surface area contributed by atoms with Crippen molar-refractivity contribution in [1.82, 2.24) is 0 Å². The highest BCUT2D eigenvalue weighted by molar-refractivity contribution is 6.57. The third-order valence-corrected chi connectivity index (χ3v) is 5.53. The number of carbonyl (C=O) groups excluding carboxylic acids is 2. The molecule has 0 spiro atoms. The van der Waals surface area contributed by atoms with Crippen LogP contribution in [0.5, 0.6) is 0 Å². The zero-order chi connectivity index (χ0) is 17.7. The summed E-state index contributed by atoms with van der Waals surface area (Å²) in [5.74, 6) is -0.304. The van der Waals surface area contributed by atoms with Gasteiger partial charge in [0.05, 0.1) is 11.4 Å². The summed E-state index contributed by atoms with van der Waals surface area (Å²) in [5.41, 5.74) is 3.27. The monoisotopic (exact) mass is 342 g/mol. The lowest BCUT2D eigenvalue weighted by Crippen LogP contribution is -2.44. The summed E-state index contributed by atoms with van der Waals surface area (Å²) in [5, 5.41) is 1.35. The van der Waals surface area contributed by atoms with Crippen LogP contribution in [0.2, 0.25) is 0 Å². The molecule has 0 radical (unpaired) electrons. The molecule has 1 saturated carbocycles. The van der Waals surface area contributed by atoms with Crippen LogP contribution in [-0.4, -0.2) is 23.4 Å². The molecule has 26 heavy (non-hydrogen) atoms. The fourth-order valence-corrected chi connectivity index (χ4v) is 4.29. The Hall–Kier alpha value is -2.88. The highest BCUT2D eigenvalue weighted by atomic mass is 16.1. The average Bonchev–Trinajstić information content (AvgIpc) is 2.68. The fourth-order valence-electron chi connectivity index (χ4n) is 4.29. The van der Waals surface area contributed by atoms with E-state index in [0.29, 0.717) is 22.2 Å². The fraction of sp³-hybridized carbons (Fsp3) is 0.273.